The summed E-state index contributed by atoms with van der Waals surface area (Å²) in [5, 5.41) is 22.6. The molecule has 3 aliphatic heterocycles. The SMILES string of the molecule is C=CC(=O)N1CCN(c2c(C#N)c(OCCCN3CCC(OC)C3)nc3c2CCN(c2cccc4cccc(C)c24)C3)C[C@@H]1CC#N. The van der Waals surface area contributed by atoms with Crippen LogP contribution in [-0.4, -0.2) is 92.4 Å². The lowest BCUT2D eigenvalue weighted by molar-refractivity contribution is -0.128. The van der Waals surface area contributed by atoms with Gasteiger partial charge >= 0.3 is 0 Å². The number of hydrogen-bond acceptors (Lipinski definition) is 9. The molecule has 3 aromatic rings. The molecule has 2 saturated heterocycles. The number of anilines is 2. The molecule has 1 aromatic heterocycles. The second-order valence-electron chi connectivity index (χ2n) is 12.6. The number of piperazine rings is 1. The summed E-state index contributed by atoms with van der Waals surface area (Å²) in [6, 6.07) is 17.2. The van der Waals surface area contributed by atoms with Gasteiger partial charge in [0.2, 0.25) is 11.8 Å². The van der Waals surface area contributed by atoms with E-state index in [1.165, 1.54) is 28.1 Å². The molecule has 0 bridgehead atoms. The van der Waals surface area contributed by atoms with Crippen molar-refractivity contribution in [3.63, 3.8) is 0 Å². The average Bonchev–Trinajstić information content (AvgIpc) is 3.57. The second kappa shape index (κ2) is 14.4. The first-order chi connectivity index (χ1) is 22.9. The zero-order valence-electron chi connectivity index (χ0n) is 27.5. The van der Waals surface area contributed by atoms with Crippen LogP contribution < -0.4 is 14.5 Å². The molecule has 244 valence electrons. The summed E-state index contributed by atoms with van der Waals surface area (Å²) in [7, 11) is 1.77. The number of amides is 1. The third-order valence-corrected chi connectivity index (χ3v) is 9.84. The number of nitriles is 2. The number of hydrogen-bond donors (Lipinski definition) is 0. The molecule has 2 aromatic carbocycles. The van der Waals surface area contributed by atoms with Crippen LogP contribution in [0.15, 0.2) is 49.1 Å². The number of rotatable bonds is 10. The number of methoxy groups -OCH3 is 1. The van der Waals surface area contributed by atoms with Crippen LogP contribution in [0.5, 0.6) is 5.88 Å². The number of likely N-dealkylation sites (tertiary alicyclic amines) is 1. The van der Waals surface area contributed by atoms with Crippen molar-refractivity contribution in [3.8, 4) is 18.0 Å². The van der Waals surface area contributed by atoms with Crippen LogP contribution >= 0.6 is 0 Å². The number of aryl methyl sites for hydroxylation is 1. The summed E-state index contributed by atoms with van der Waals surface area (Å²) in [5.74, 6) is 0.178. The molecule has 0 spiro atoms. The Balaban J connectivity index is 1.33. The number of aromatic nitrogens is 1. The van der Waals surface area contributed by atoms with Crippen LogP contribution in [0.2, 0.25) is 0 Å². The Morgan fingerprint density at radius 2 is 1.94 bits per heavy atom. The maximum absolute atomic E-state index is 12.7. The van der Waals surface area contributed by atoms with Crippen molar-refractivity contribution in [2.24, 2.45) is 0 Å². The number of benzene rings is 2. The third kappa shape index (κ3) is 6.62. The Bertz CT molecular complexity index is 1720. The van der Waals surface area contributed by atoms with Crippen molar-refractivity contribution in [3.05, 3.63) is 71.4 Å². The smallest absolute Gasteiger partial charge is 0.246 e. The van der Waals surface area contributed by atoms with Crippen molar-refractivity contribution >= 4 is 28.1 Å². The molecule has 4 heterocycles. The summed E-state index contributed by atoms with van der Waals surface area (Å²) in [5.41, 5.74) is 5.60. The molecule has 10 heteroatoms. The van der Waals surface area contributed by atoms with Gasteiger partial charge in [0.25, 0.3) is 0 Å². The zero-order chi connectivity index (χ0) is 32.9. The van der Waals surface area contributed by atoms with Crippen LogP contribution in [0.25, 0.3) is 10.8 Å². The molecule has 6 rings (SSSR count). The van der Waals surface area contributed by atoms with E-state index in [0.717, 1.165) is 56.0 Å². The molecule has 0 saturated carbocycles. The van der Waals surface area contributed by atoms with Crippen LogP contribution in [0.4, 0.5) is 11.4 Å². The van der Waals surface area contributed by atoms with Gasteiger partial charge in [-0.1, -0.05) is 36.9 Å². The minimum Gasteiger partial charge on any atom is -0.477 e. The fraction of sp³-hybridized carbons (Fsp3) is 0.459. The topological polar surface area (TPSA) is 109 Å². The van der Waals surface area contributed by atoms with Gasteiger partial charge < -0.3 is 29.1 Å². The monoisotopic (exact) mass is 633 g/mol. The van der Waals surface area contributed by atoms with Crippen LogP contribution in [0, 0.1) is 29.6 Å². The van der Waals surface area contributed by atoms with Crippen LogP contribution in [-0.2, 0) is 22.5 Å². The first kappa shape index (κ1) is 32.3. The molecule has 3 aliphatic rings. The van der Waals surface area contributed by atoms with Gasteiger partial charge in [-0.3, -0.25) is 4.79 Å². The minimum absolute atomic E-state index is 0.179. The molecule has 2 fully saturated rings. The molecule has 47 heavy (non-hydrogen) atoms. The maximum Gasteiger partial charge on any atom is 0.246 e. The molecule has 1 unspecified atom stereocenters. The van der Waals surface area contributed by atoms with E-state index in [1.54, 1.807) is 12.0 Å². The Morgan fingerprint density at radius 3 is 2.68 bits per heavy atom. The molecule has 0 radical (unpaired) electrons. The molecule has 1 amide bonds. The number of ether oxygens (including phenoxy) is 2. The van der Waals surface area contributed by atoms with Crippen molar-refractivity contribution < 1.29 is 14.3 Å². The summed E-state index contributed by atoms with van der Waals surface area (Å²) in [4.78, 5) is 26.4. The average molecular weight is 634 g/mol. The van der Waals surface area contributed by atoms with Gasteiger partial charge in [-0.05, 0) is 49.3 Å². The molecule has 0 aliphatic carbocycles. The van der Waals surface area contributed by atoms with Gasteiger partial charge in [-0.25, -0.2) is 4.98 Å². The fourth-order valence-corrected chi connectivity index (χ4v) is 7.46. The second-order valence-corrected chi connectivity index (χ2v) is 12.6. The highest BCUT2D eigenvalue weighted by atomic mass is 16.5. The Labute approximate surface area is 277 Å². The molecular weight excluding hydrogens is 590 g/mol. The lowest BCUT2D eigenvalue weighted by Crippen LogP contribution is -2.55. The van der Waals surface area contributed by atoms with E-state index in [1.807, 2.05) is 0 Å². The number of pyridine rings is 1. The van der Waals surface area contributed by atoms with E-state index in [4.69, 9.17) is 14.5 Å². The Hall–Kier alpha value is -4.64. The number of nitrogens with zero attached hydrogens (tertiary/aromatic N) is 7. The van der Waals surface area contributed by atoms with Gasteiger partial charge in [0.1, 0.15) is 11.6 Å². The van der Waals surface area contributed by atoms with Gasteiger partial charge in [-0.15, -0.1) is 0 Å². The Morgan fingerprint density at radius 1 is 1.11 bits per heavy atom. The van der Waals surface area contributed by atoms with Crippen LogP contribution in [0.1, 0.15) is 41.6 Å². The zero-order valence-corrected chi connectivity index (χ0v) is 27.5. The molecule has 0 N–H and O–H groups in total. The molecule has 10 nitrogen and oxygen atoms in total. The lowest BCUT2D eigenvalue weighted by Gasteiger charge is -2.43. The Kier molecular flexibility index (Phi) is 9.91. The predicted octanol–water partition coefficient (Wildman–Crippen LogP) is 4.58. The predicted molar refractivity (Wildman–Crippen MR) is 182 cm³/mol. The first-order valence-electron chi connectivity index (χ1n) is 16.6. The standard InChI is InChI=1S/C37H43N7O3/c1-4-34(45)44-20-19-43(23-28(44)12-15-38)36-30-14-18-42(33-11-6-10-27-9-5-8-26(2)35(27)33)25-32(30)40-37(31(36)22-39)47-21-7-16-41-17-13-29(24-41)46-3/h4-6,8-11,28-29H,1,7,12-14,16-21,23-25H2,2-3H3/t28-,29?/m0/s1. The quantitative estimate of drug-likeness (QED) is 0.234. The largest absolute Gasteiger partial charge is 0.477 e. The summed E-state index contributed by atoms with van der Waals surface area (Å²) in [6.07, 6.45) is 4.34. The fourth-order valence-electron chi connectivity index (χ4n) is 7.46. The molecule has 2 atom stereocenters. The first-order valence-corrected chi connectivity index (χ1v) is 16.6. The normalized spacial score (nSPS) is 19.7. The van der Waals surface area contributed by atoms with E-state index < -0.39 is 0 Å². The highest BCUT2D eigenvalue weighted by molar-refractivity contribution is 5.97. The van der Waals surface area contributed by atoms with Gasteiger partial charge in [0.05, 0.1) is 49.2 Å². The van der Waals surface area contributed by atoms with E-state index in [-0.39, 0.29) is 24.5 Å². The lowest BCUT2D eigenvalue weighted by atomic mass is 9.95. The van der Waals surface area contributed by atoms with Crippen molar-refractivity contribution in [2.45, 2.75) is 51.3 Å². The summed E-state index contributed by atoms with van der Waals surface area (Å²) >= 11 is 0. The highest BCUT2D eigenvalue weighted by Crippen LogP contribution is 2.40. The van der Waals surface area contributed by atoms with Crippen molar-refractivity contribution in [2.75, 3.05) is 69.3 Å². The van der Waals surface area contributed by atoms with Crippen molar-refractivity contribution in [1.82, 2.24) is 14.8 Å². The number of carbonyl (C=O) groups excluding carboxylic acids is 1. The van der Waals surface area contributed by atoms with Gasteiger partial charge in [-0.2, -0.15) is 10.5 Å². The van der Waals surface area contributed by atoms with E-state index in [2.05, 4.69) is 76.7 Å². The van der Waals surface area contributed by atoms with E-state index in [9.17, 15) is 15.3 Å². The van der Waals surface area contributed by atoms with E-state index in [0.29, 0.717) is 50.7 Å². The number of carbonyl (C=O) groups is 1. The minimum atomic E-state index is -0.311. The highest BCUT2D eigenvalue weighted by Gasteiger charge is 2.35. The van der Waals surface area contributed by atoms with Crippen LogP contribution in [0.3, 0.4) is 0 Å². The van der Waals surface area contributed by atoms with E-state index >= 15 is 0 Å². The van der Waals surface area contributed by atoms with Gasteiger partial charge in [0.15, 0.2) is 0 Å². The molecular formula is C37H43N7O3. The summed E-state index contributed by atoms with van der Waals surface area (Å²) in [6.45, 7) is 11.9. The summed E-state index contributed by atoms with van der Waals surface area (Å²) < 4.78 is 11.9. The van der Waals surface area contributed by atoms with Crippen molar-refractivity contribution in [1.29, 1.82) is 10.5 Å². The number of fused-ring (bicyclic) bond motifs is 2. The maximum atomic E-state index is 12.7. The van der Waals surface area contributed by atoms with Gasteiger partial charge in [0, 0.05) is 69.6 Å². The third-order valence-electron chi connectivity index (χ3n) is 9.84.